The lowest BCUT2D eigenvalue weighted by atomic mass is 9.88. The van der Waals surface area contributed by atoms with Gasteiger partial charge in [-0.2, -0.15) is 0 Å². The number of carbonyl (C=O) groups is 1. The van der Waals surface area contributed by atoms with Gasteiger partial charge in [-0.3, -0.25) is 4.79 Å². The Kier molecular flexibility index (Phi) is 4.83. The van der Waals surface area contributed by atoms with Crippen LogP contribution >= 0.6 is 0 Å². The van der Waals surface area contributed by atoms with E-state index in [1.165, 1.54) is 19.3 Å². The first-order chi connectivity index (χ1) is 9.20. The molecule has 0 unspecified atom stereocenters. The maximum Gasteiger partial charge on any atom is 0.225 e. The summed E-state index contributed by atoms with van der Waals surface area (Å²) in [6.45, 7) is 0.680. The van der Waals surface area contributed by atoms with Crippen LogP contribution in [-0.4, -0.2) is 25.0 Å². The highest BCUT2D eigenvalue weighted by atomic mass is 16.5. The fourth-order valence-electron chi connectivity index (χ4n) is 2.74. The van der Waals surface area contributed by atoms with Crippen LogP contribution in [0.4, 0.5) is 0 Å². The van der Waals surface area contributed by atoms with Gasteiger partial charge in [-0.25, -0.2) is 0 Å². The van der Waals surface area contributed by atoms with Crippen molar-refractivity contribution in [3.05, 3.63) is 29.8 Å². The lowest BCUT2D eigenvalue weighted by Crippen LogP contribution is -2.33. The van der Waals surface area contributed by atoms with Crippen molar-refractivity contribution in [1.29, 1.82) is 0 Å². The molecule has 0 aromatic heterocycles. The zero-order valence-corrected chi connectivity index (χ0v) is 11.9. The highest BCUT2D eigenvalue weighted by Gasteiger charge is 2.23. The molecule has 19 heavy (non-hydrogen) atoms. The molecule has 0 aliphatic heterocycles. The van der Waals surface area contributed by atoms with Crippen molar-refractivity contribution >= 4 is 5.91 Å². The van der Waals surface area contributed by atoms with E-state index in [2.05, 4.69) is 0 Å². The number of ether oxygens (including phenoxy) is 1. The Bertz CT molecular complexity index is 407. The lowest BCUT2D eigenvalue weighted by molar-refractivity contribution is -0.135. The van der Waals surface area contributed by atoms with Gasteiger partial charge in [0.25, 0.3) is 0 Å². The molecule has 1 aromatic rings. The first kappa shape index (κ1) is 13.9. The Morgan fingerprint density at radius 2 is 1.84 bits per heavy atom. The quantitative estimate of drug-likeness (QED) is 0.832. The summed E-state index contributed by atoms with van der Waals surface area (Å²) < 4.78 is 5.14. The molecule has 1 aliphatic rings. The molecule has 0 atom stereocenters. The second-order valence-electron chi connectivity index (χ2n) is 5.38. The van der Waals surface area contributed by atoms with Gasteiger partial charge in [0.15, 0.2) is 0 Å². The number of hydrogen-bond acceptors (Lipinski definition) is 2. The van der Waals surface area contributed by atoms with E-state index in [-0.39, 0.29) is 5.92 Å². The number of amides is 1. The van der Waals surface area contributed by atoms with E-state index in [9.17, 15) is 4.79 Å². The molecule has 2 rings (SSSR count). The largest absolute Gasteiger partial charge is 0.497 e. The molecule has 0 N–H and O–H groups in total. The number of benzene rings is 1. The molecular formula is C16H23NO2. The van der Waals surface area contributed by atoms with Crippen LogP contribution in [-0.2, 0) is 11.3 Å². The SMILES string of the molecule is COc1ccc(CN(C)C(=O)C2CCCCC2)cc1. The van der Waals surface area contributed by atoms with Crippen LogP contribution in [0, 0.1) is 5.92 Å². The minimum absolute atomic E-state index is 0.247. The van der Waals surface area contributed by atoms with Gasteiger partial charge in [0.2, 0.25) is 5.91 Å². The zero-order chi connectivity index (χ0) is 13.7. The van der Waals surface area contributed by atoms with Gasteiger partial charge in [-0.15, -0.1) is 0 Å². The summed E-state index contributed by atoms with van der Waals surface area (Å²) in [6, 6.07) is 7.91. The molecule has 1 aromatic carbocycles. The average molecular weight is 261 g/mol. The third-order valence-corrected chi connectivity index (χ3v) is 3.91. The van der Waals surface area contributed by atoms with Crippen LogP contribution < -0.4 is 4.74 Å². The van der Waals surface area contributed by atoms with E-state index >= 15 is 0 Å². The summed E-state index contributed by atoms with van der Waals surface area (Å²) in [5.41, 5.74) is 1.15. The van der Waals surface area contributed by atoms with Crippen LogP contribution in [0.1, 0.15) is 37.7 Å². The Hall–Kier alpha value is -1.51. The Morgan fingerprint density at radius 1 is 1.21 bits per heavy atom. The fraction of sp³-hybridized carbons (Fsp3) is 0.562. The monoisotopic (exact) mass is 261 g/mol. The Morgan fingerprint density at radius 3 is 2.42 bits per heavy atom. The first-order valence-electron chi connectivity index (χ1n) is 7.08. The van der Waals surface area contributed by atoms with Gasteiger partial charge in [0.1, 0.15) is 5.75 Å². The lowest BCUT2D eigenvalue weighted by Gasteiger charge is -2.26. The van der Waals surface area contributed by atoms with E-state index < -0.39 is 0 Å². The number of nitrogens with zero attached hydrogens (tertiary/aromatic N) is 1. The number of hydrogen-bond donors (Lipinski definition) is 0. The summed E-state index contributed by atoms with van der Waals surface area (Å²) >= 11 is 0. The maximum absolute atomic E-state index is 12.3. The smallest absolute Gasteiger partial charge is 0.225 e. The number of methoxy groups -OCH3 is 1. The van der Waals surface area contributed by atoms with Gasteiger partial charge in [0, 0.05) is 19.5 Å². The van der Waals surface area contributed by atoms with E-state index in [0.29, 0.717) is 12.5 Å². The molecule has 0 heterocycles. The highest BCUT2D eigenvalue weighted by Crippen LogP contribution is 2.25. The molecule has 1 fully saturated rings. The molecule has 0 spiro atoms. The molecule has 1 amide bonds. The van der Waals surface area contributed by atoms with Crippen molar-refractivity contribution in [3.8, 4) is 5.75 Å². The number of carbonyl (C=O) groups excluding carboxylic acids is 1. The third-order valence-electron chi connectivity index (χ3n) is 3.91. The highest BCUT2D eigenvalue weighted by molar-refractivity contribution is 5.78. The van der Waals surface area contributed by atoms with Gasteiger partial charge < -0.3 is 9.64 Å². The van der Waals surface area contributed by atoms with Crippen LogP contribution in [0.2, 0.25) is 0 Å². The zero-order valence-electron chi connectivity index (χ0n) is 11.9. The van der Waals surface area contributed by atoms with E-state index in [1.807, 2.05) is 36.2 Å². The summed E-state index contributed by atoms with van der Waals surface area (Å²) in [5, 5.41) is 0. The van der Waals surface area contributed by atoms with E-state index in [1.54, 1.807) is 7.11 Å². The van der Waals surface area contributed by atoms with Gasteiger partial charge >= 0.3 is 0 Å². The Balaban J connectivity index is 1.91. The topological polar surface area (TPSA) is 29.5 Å². The normalized spacial score (nSPS) is 16.1. The molecule has 3 nitrogen and oxygen atoms in total. The first-order valence-corrected chi connectivity index (χ1v) is 7.08. The van der Waals surface area contributed by atoms with Crippen molar-refractivity contribution in [2.45, 2.75) is 38.6 Å². The molecule has 0 saturated heterocycles. The van der Waals surface area contributed by atoms with Crippen molar-refractivity contribution in [3.63, 3.8) is 0 Å². The predicted octanol–water partition coefficient (Wildman–Crippen LogP) is 3.23. The van der Waals surface area contributed by atoms with Gasteiger partial charge in [-0.05, 0) is 30.5 Å². The molecule has 0 radical (unpaired) electrons. The molecular weight excluding hydrogens is 238 g/mol. The summed E-state index contributed by atoms with van der Waals surface area (Å²) in [7, 11) is 3.56. The fourth-order valence-corrected chi connectivity index (χ4v) is 2.74. The minimum atomic E-state index is 0.247. The molecule has 1 aliphatic carbocycles. The van der Waals surface area contributed by atoms with Crippen LogP contribution in [0.15, 0.2) is 24.3 Å². The summed E-state index contributed by atoms with van der Waals surface area (Å²) in [6.07, 6.45) is 5.81. The third kappa shape index (κ3) is 3.72. The minimum Gasteiger partial charge on any atom is -0.497 e. The summed E-state index contributed by atoms with van der Waals surface area (Å²) in [4.78, 5) is 14.2. The van der Waals surface area contributed by atoms with Crippen molar-refractivity contribution in [2.24, 2.45) is 5.92 Å². The van der Waals surface area contributed by atoms with E-state index in [4.69, 9.17) is 4.74 Å². The van der Waals surface area contributed by atoms with E-state index in [0.717, 1.165) is 24.2 Å². The standard InChI is InChI=1S/C16H23NO2/c1-17(16(18)14-6-4-3-5-7-14)12-13-8-10-15(19-2)11-9-13/h8-11,14H,3-7,12H2,1-2H3. The molecule has 0 bridgehead atoms. The van der Waals surface area contributed by atoms with Crippen molar-refractivity contribution in [2.75, 3.05) is 14.2 Å². The molecule has 3 heteroatoms. The number of rotatable bonds is 4. The van der Waals surface area contributed by atoms with Crippen LogP contribution in [0.5, 0.6) is 5.75 Å². The van der Waals surface area contributed by atoms with Gasteiger partial charge in [0.05, 0.1) is 7.11 Å². The second kappa shape index (κ2) is 6.60. The van der Waals surface area contributed by atoms with Crippen molar-refractivity contribution in [1.82, 2.24) is 4.90 Å². The van der Waals surface area contributed by atoms with Gasteiger partial charge in [-0.1, -0.05) is 31.4 Å². The second-order valence-corrected chi connectivity index (χ2v) is 5.38. The Labute approximate surface area is 115 Å². The van der Waals surface area contributed by atoms with Crippen LogP contribution in [0.25, 0.3) is 0 Å². The average Bonchev–Trinajstić information content (AvgIpc) is 2.48. The molecule has 104 valence electrons. The van der Waals surface area contributed by atoms with Crippen molar-refractivity contribution < 1.29 is 9.53 Å². The summed E-state index contributed by atoms with van der Waals surface area (Å²) in [5.74, 6) is 1.40. The maximum atomic E-state index is 12.3. The van der Waals surface area contributed by atoms with Crippen LogP contribution in [0.3, 0.4) is 0 Å². The molecule has 1 saturated carbocycles. The predicted molar refractivity (Wildman–Crippen MR) is 76.0 cm³/mol.